The number of para-hydroxylation sites is 1. The van der Waals surface area contributed by atoms with Gasteiger partial charge in [-0.25, -0.2) is 4.79 Å². The van der Waals surface area contributed by atoms with Crippen molar-refractivity contribution in [2.45, 2.75) is 26.1 Å². The van der Waals surface area contributed by atoms with Gasteiger partial charge in [-0.15, -0.1) is 0 Å². The quantitative estimate of drug-likeness (QED) is 0.709. The van der Waals surface area contributed by atoms with Crippen LogP contribution in [0.1, 0.15) is 34.6 Å². The number of hydrogen-bond acceptors (Lipinski definition) is 5. The Kier molecular flexibility index (Phi) is 6.84. The predicted octanol–water partition coefficient (Wildman–Crippen LogP) is 2.76. The topological polar surface area (TPSA) is 76.2 Å². The number of morpholine rings is 1. The third-order valence-electron chi connectivity index (χ3n) is 4.92. The van der Waals surface area contributed by atoms with Crippen molar-refractivity contribution in [3.63, 3.8) is 0 Å². The summed E-state index contributed by atoms with van der Waals surface area (Å²) in [5.74, 6) is -1.32. The highest BCUT2D eigenvalue weighted by molar-refractivity contribution is 6.12. The molecule has 2 aromatic rings. The molecule has 158 valence electrons. The predicted molar refractivity (Wildman–Crippen MR) is 112 cm³/mol. The summed E-state index contributed by atoms with van der Waals surface area (Å²) < 4.78 is 10.9. The molecule has 3 rings (SSSR count). The number of esters is 1. The molecule has 0 aliphatic carbocycles. The molecule has 30 heavy (non-hydrogen) atoms. The van der Waals surface area contributed by atoms with Crippen LogP contribution in [0, 0.1) is 0 Å². The van der Waals surface area contributed by atoms with E-state index in [0.717, 1.165) is 0 Å². The van der Waals surface area contributed by atoms with Crippen LogP contribution in [0.15, 0.2) is 54.6 Å². The second-order valence-electron chi connectivity index (χ2n) is 7.38. The highest BCUT2D eigenvalue weighted by Crippen LogP contribution is 2.18. The molecule has 2 unspecified atom stereocenters. The minimum absolute atomic E-state index is 0.0692. The lowest BCUT2D eigenvalue weighted by atomic mass is 10.1. The van der Waals surface area contributed by atoms with Crippen molar-refractivity contribution in [2.75, 3.05) is 31.6 Å². The zero-order chi connectivity index (χ0) is 21.7. The number of ether oxygens (including phenoxy) is 2. The molecule has 1 heterocycles. The van der Waals surface area contributed by atoms with E-state index in [2.05, 4.69) is 0 Å². The minimum atomic E-state index is -0.705. The maximum atomic E-state index is 13.0. The van der Waals surface area contributed by atoms with Gasteiger partial charge in [-0.3, -0.25) is 9.59 Å². The number of nitrogens with zero attached hydrogens (tertiary/aromatic N) is 2. The van der Waals surface area contributed by atoms with Crippen LogP contribution >= 0.6 is 0 Å². The number of benzene rings is 2. The van der Waals surface area contributed by atoms with Gasteiger partial charge in [0.2, 0.25) is 0 Å². The molecule has 1 saturated heterocycles. The molecule has 0 N–H and O–H groups in total. The third-order valence-corrected chi connectivity index (χ3v) is 4.92. The van der Waals surface area contributed by atoms with Crippen LogP contribution in [0.2, 0.25) is 0 Å². The number of anilines is 1. The first-order valence-corrected chi connectivity index (χ1v) is 9.89. The van der Waals surface area contributed by atoms with Crippen LogP contribution in [0.4, 0.5) is 5.69 Å². The Morgan fingerprint density at radius 2 is 1.53 bits per heavy atom. The van der Waals surface area contributed by atoms with Gasteiger partial charge >= 0.3 is 5.97 Å². The lowest BCUT2D eigenvalue weighted by Gasteiger charge is -2.35. The van der Waals surface area contributed by atoms with E-state index in [1.807, 2.05) is 44.2 Å². The van der Waals surface area contributed by atoms with E-state index in [1.165, 1.54) is 11.0 Å². The Labute approximate surface area is 176 Å². The molecule has 0 saturated carbocycles. The molecule has 0 aromatic heterocycles. The molecule has 1 fully saturated rings. The molecule has 0 bridgehead atoms. The molecule has 0 spiro atoms. The summed E-state index contributed by atoms with van der Waals surface area (Å²) in [7, 11) is 1.64. The van der Waals surface area contributed by atoms with Gasteiger partial charge < -0.3 is 19.3 Å². The van der Waals surface area contributed by atoms with Crippen molar-refractivity contribution >= 4 is 23.5 Å². The molecule has 7 heteroatoms. The highest BCUT2D eigenvalue weighted by Gasteiger charge is 2.27. The Morgan fingerprint density at radius 3 is 2.17 bits per heavy atom. The summed E-state index contributed by atoms with van der Waals surface area (Å²) in [6.07, 6.45) is -0.138. The van der Waals surface area contributed by atoms with Crippen LogP contribution in [0.25, 0.3) is 0 Å². The standard InChI is InChI=1S/C23H26N2O5/c1-16-13-25(14-17(2)30-16)21(26)15-29-23(28)20-12-8-7-11-19(20)22(27)24(3)18-9-5-4-6-10-18/h4-12,16-17H,13-15H2,1-3H3. The molecule has 0 radical (unpaired) electrons. The fourth-order valence-corrected chi connectivity index (χ4v) is 3.47. The molecular formula is C23H26N2O5. The molecule has 7 nitrogen and oxygen atoms in total. The second kappa shape index (κ2) is 9.54. The van der Waals surface area contributed by atoms with Crippen LogP contribution in [-0.2, 0) is 14.3 Å². The molecule has 2 amide bonds. The maximum Gasteiger partial charge on any atom is 0.339 e. The lowest BCUT2D eigenvalue weighted by molar-refractivity contribution is -0.146. The minimum Gasteiger partial charge on any atom is -0.452 e. The van der Waals surface area contributed by atoms with Crippen LogP contribution in [0.3, 0.4) is 0 Å². The maximum absolute atomic E-state index is 13.0. The average molecular weight is 410 g/mol. The monoisotopic (exact) mass is 410 g/mol. The van der Waals surface area contributed by atoms with Crippen molar-refractivity contribution in [1.82, 2.24) is 4.90 Å². The zero-order valence-corrected chi connectivity index (χ0v) is 17.4. The van der Waals surface area contributed by atoms with Gasteiger partial charge in [-0.1, -0.05) is 30.3 Å². The summed E-state index contributed by atoms with van der Waals surface area (Å²) in [5, 5.41) is 0. The van der Waals surface area contributed by atoms with Gasteiger partial charge in [0.15, 0.2) is 6.61 Å². The van der Waals surface area contributed by atoms with Gasteiger partial charge in [0.05, 0.1) is 23.3 Å². The van der Waals surface area contributed by atoms with Crippen molar-refractivity contribution < 1.29 is 23.9 Å². The summed E-state index contributed by atoms with van der Waals surface area (Å²) in [5.41, 5.74) is 1.05. The number of amides is 2. The SMILES string of the molecule is CC1CN(C(=O)COC(=O)c2ccccc2C(=O)N(C)c2ccccc2)CC(C)O1. The molecule has 1 aliphatic heterocycles. The van der Waals surface area contributed by atoms with Crippen molar-refractivity contribution in [3.05, 3.63) is 65.7 Å². The smallest absolute Gasteiger partial charge is 0.339 e. The van der Waals surface area contributed by atoms with Crippen molar-refractivity contribution in [3.8, 4) is 0 Å². The third kappa shape index (κ3) is 5.04. The van der Waals surface area contributed by atoms with Gasteiger partial charge in [0, 0.05) is 25.8 Å². The molecular weight excluding hydrogens is 384 g/mol. The lowest BCUT2D eigenvalue weighted by Crippen LogP contribution is -2.49. The Hall–Kier alpha value is -3.19. The highest BCUT2D eigenvalue weighted by atomic mass is 16.5. The summed E-state index contributed by atoms with van der Waals surface area (Å²) in [6.45, 7) is 4.32. The summed E-state index contributed by atoms with van der Waals surface area (Å²) in [6, 6.07) is 15.6. The first kappa shape index (κ1) is 21.5. The summed E-state index contributed by atoms with van der Waals surface area (Å²) in [4.78, 5) is 41.2. The van der Waals surface area contributed by atoms with Crippen LogP contribution in [-0.4, -0.2) is 61.6 Å². The molecule has 1 aliphatic rings. The van der Waals surface area contributed by atoms with E-state index < -0.39 is 5.97 Å². The average Bonchev–Trinajstić information content (AvgIpc) is 2.76. The van der Waals surface area contributed by atoms with E-state index >= 15 is 0 Å². The van der Waals surface area contributed by atoms with Gasteiger partial charge in [-0.2, -0.15) is 0 Å². The van der Waals surface area contributed by atoms with Crippen molar-refractivity contribution in [1.29, 1.82) is 0 Å². The van der Waals surface area contributed by atoms with Crippen LogP contribution < -0.4 is 4.90 Å². The zero-order valence-electron chi connectivity index (χ0n) is 17.4. The van der Waals surface area contributed by atoms with Gasteiger partial charge in [-0.05, 0) is 38.1 Å². The van der Waals surface area contributed by atoms with E-state index in [1.54, 1.807) is 30.1 Å². The fourth-order valence-electron chi connectivity index (χ4n) is 3.47. The van der Waals surface area contributed by atoms with E-state index in [9.17, 15) is 14.4 Å². The molecule has 2 atom stereocenters. The van der Waals surface area contributed by atoms with Crippen LogP contribution in [0.5, 0.6) is 0 Å². The molecule has 2 aromatic carbocycles. The normalized spacial score (nSPS) is 18.6. The second-order valence-corrected chi connectivity index (χ2v) is 7.38. The van der Waals surface area contributed by atoms with Gasteiger partial charge in [0.1, 0.15) is 0 Å². The van der Waals surface area contributed by atoms with E-state index in [4.69, 9.17) is 9.47 Å². The van der Waals surface area contributed by atoms with E-state index in [0.29, 0.717) is 18.8 Å². The number of carbonyl (C=O) groups is 3. The first-order chi connectivity index (χ1) is 14.4. The largest absolute Gasteiger partial charge is 0.452 e. The van der Waals surface area contributed by atoms with E-state index in [-0.39, 0.29) is 41.8 Å². The first-order valence-electron chi connectivity index (χ1n) is 9.89. The summed E-state index contributed by atoms with van der Waals surface area (Å²) >= 11 is 0. The van der Waals surface area contributed by atoms with Crippen molar-refractivity contribution in [2.24, 2.45) is 0 Å². The van der Waals surface area contributed by atoms with Gasteiger partial charge in [0.25, 0.3) is 11.8 Å². The Balaban J connectivity index is 1.68. The number of hydrogen-bond donors (Lipinski definition) is 0. The fraction of sp³-hybridized carbons (Fsp3) is 0.348. The number of carbonyl (C=O) groups excluding carboxylic acids is 3. The Morgan fingerprint density at radius 1 is 0.967 bits per heavy atom. The number of rotatable bonds is 5. The Bertz CT molecular complexity index is 905.